The molecule has 0 saturated carbocycles. The summed E-state index contributed by atoms with van der Waals surface area (Å²) in [5, 5.41) is 11.4. The van der Waals surface area contributed by atoms with Crippen LogP contribution in [-0.4, -0.2) is 34.9 Å². The Morgan fingerprint density at radius 3 is 2.56 bits per heavy atom. The fourth-order valence-electron chi connectivity index (χ4n) is 1.48. The van der Waals surface area contributed by atoms with Gasteiger partial charge in [0.2, 0.25) is 0 Å². The molecule has 1 amide bonds. The van der Waals surface area contributed by atoms with E-state index in [1.165, 1.54) is 0 Å². The molecule has 3 N–H and O–H groups in total. The van der Waals surface area contributed by atoms with E-state index in [-0.39, 0.29) is 17.8 Å². The molecule has 6 heteroatoms. The largest absolute Gasteiger partial charge is 0.409 e. The molecule has 0 radical (unpaired) electrons. The molecule has 1 atom stereocenters. The molecule has 5 nitrogen and oxygen atoms in total. The molecule has 0 saturated heterocycles. The molecule has 0 aliphatic heterocycles. The van der Waals surface area contributed by atoms with Gasteiger partial charge in [-0.25, -0.2) is 0 Å². The minimum absolute atomic E-state index is 0.0965. The number of carbonyl (C=O) groups excluding carboxylic acids is 1. The van der Waals surface area contributed by atoms with E-state index < -0.39 is 0 Å². The van der Waals surface area contributed by atoms with Gasteiger partial charge in [0.25, 0.3) is 5.91 Å². The van der Waals surface area contributed by atoms with Crippen molar-refractivity contribution in [1.29, 1.82) is 0 Å². The maximum absolute atomic E-state index is 12.1. The second kappa shape index (κ2) is 6.39. The van der Waals surface area contributed by atoms with Gasteiger partial charge in [-0.1, -0.05) is 21.1 Å². The number of rotatable bonds is 4. The van der Waals surface area contributed by atoms with Crippen LogP contribution in [-0.2, 0) is 0 Å². The number of carbonyl (C=O) groups is 1. The average Bonchev–Trinajstić information content (AvgIpc) is 2.37. The summed E-state index contributed by atoms with van der Waals surface area (Å²) >= 11 is 3.32. The molecule has 1 aromatic rings. The van der Waals surface area contributed by atoms with Gasteiger partial charge in [0.05, 0.1) is 0 Å². The SMILES string of the molecule is CC(CC(N)=NO)N(C)C(=O)c1ccc(Br)cc1. The van der Waals surface area contributed by atoms with E-state index in [0.29, 0.717) is 12.0 Å². The lowest BCUT2D eigenvalue weighted by atomic mass is 10.1. The zero-order valence-corrected chi connectivity index (χ0v) is 11.9. The van der Waals surface area contributed by atoms with Crippen molar-refractivity contribution < 1.29 is 10.0 Å². The van der Waals surface area contributed by atoms with Crippen LogP contribution in [0.25, 0.3) is 0 Å². The first-order chi connectivity index (χ1) is 8.45. The fourth-order valence-corrected chi connectivity index (χ4v) is 1.74. The minimum atomic E-state index is -0.142. The number of amides is 1. The van der Waals surface area contributed by atoms with Crippen LogP contribution >= 0.6 is 15.9 Å². The zero-order chi connectivity index (χ0) is 13.7. The normalized spacial score (nSPS) is 13.2. The molecule has 0 aliphatic carbocycles. The highest BCUT2D eigenvalue weighted by molar-refractivity contribution is 9.10. The highest BCUT2D eigenvalue weighted by Gasteiger charge is 2.18. The van der Waals surface area contributed by atoms with Gasteiger partial charge < -0.3 is 15.8 Å². The third kappa shape index (κ3) is 3.73. The van der Waals surface area contributed by atoms with Crippen LogP contribution in [0, 0.1) is 0 Å². The molecule has 98 valence electrons. The van der Waals surface area contributed by atoms with Crippen LogP contribution in [0.4, 0.5) is 0 Å². The van der Waals surface area contributed by atoms with E-state index in [9.17, 15) is 4.79 Å². The summed E-state index contributed by atoms with van der Waals surface area (Å²) < 4.78 is 0.923. The number of benzene rings is 1. The van der Waals surface area contributed by atoms with Gasteiger partial charge >= 0.3 is 0 Å². The van der Waals surface area contributed by atoms with Crippen molar-refractivity contribution >= 4 is 27.7 Å². The Balaban J connectivity index is 2.74. The molecule has 0 bridgehead atoms. The molecule has 0 fully saturated rings. The Bertz CT molecular complexity index is 445. The number of hydrogen-bond donors (Lipinski definition) is 2. The third-order valence-corrected chi connectivity index (χ3v) is 3.23. The highest BCUT2D eigenvalue weighted by Crippen LogP contribution is 2.13. The van der Waals surface area contributed by atoms with Gasteiger partial charge in [0.15, 0.2) is 0 Å². The van der Waals surface area contributed by atoms with Gasteiger partial charge in [0.1, 0.15) is 5.84 Å². The van der Waals surface area contributed by atoms with Crippen LogP contribution < -0.4 is 5.73 Å². The van der Waals surface area contributed by atoms with E-state index in [0.717, 1.165) is 4.47 Å². The molecule has 0 aromatic heterocycles. The second-order valence-corrected chi connectivity index (χ2v) is 4.98. The fraction of sp³-hybridized carbons (Fsp3) is 0.333. The monoisotopic (exact) mass is 313 g/mol. The predicted octanol–water partition coefficient (Wildman–Crippen LogP) is 2.05. The number of oxime groups is 1. The number of amidine groups is 1. The van der Waals surface area contributed by atoms with E-state index >= 15 is 0 Å². The standard InChI is InChI=1S/C12H16BrN3O2/c1-8(7-11(14)15-18)16(2)12(17)9-3-5-10(13)6-4-9/h3-6,8,18H,7H2,1-2H3,(H2,14,15). The number of nitrogens with two attached hydrogens (primary N) is 1. The molecule has 18 heavy (non-hydrogen) atoms. The quantitative estimate of drug-likeness (QED) is 0.386. The summed E-state index contributed by atoms with van der Waals surface area (Å²) in [6.07, 6.45) is 0.329. The highest BCUT2D eigenvalue weighted by atomic mass is 79.9. The molecule has 1 unspecified atom stereocenters. The van der Waals surface area contributed by atoms with E-state index in [1.54, 1.807) is 24.1 Å². The average molecular weight is 314 g/mol. The molecule has 1 aromatic carbocycles. The summed E-state index contributed by atoms with van der Waals surface area (Å²) in [5.41, 5.74) is 6.03. The number of hydrogen-bond acceptors (Lipinski definition) is 3. The predicted molar refractivity (Wildman–Crippen MR) is 73.7 cm³/mol. The Kier molecular flexibility index (Phi) is 5.15. The lowest BCUT2D eigenvalue weighted by Crippen LogP contribution is -2.37. The minimum Gasteiger partial charge on any atom is -0.409 e. The van der Waals surface area contributed by atoms with Gasteiger partial charge in [-0.2, -0.15) is 0 Å². The first kappa shape index (κ1) is 14.5. The molecule has 0 aliphatic rings. The Morgan fingerprint density at radius 2 is 2.06 bits per heavy atom. The zero-order valence-electron chi connectivity index (χ0n) is 10.3. The summed E-state index contributed by atoms with van der Waals surface area (Å²) in [6.45, 7) is 1.84. The van der Waals surface area contributed by atoms with Crippen LogP contribution in [0.3, 0.4) is 0 Å². The van der Waals surface area contributed by atoms with E-state index in [1.807, 2.05) is 19.1 Å². The molecular weight excluding hydrogens is 298 g/mol. The first-order valence-electron chi connectivity index (χ1n) is 5.44. The number of halogens is 1. The van der Waals surface area contributed by atoms with Crippen LogP contribution in [0.1, 0.15) is 23.7 Å². The molecular formula is C12H16BrN3O2. The summed E-state index contributed by atoms with van der Waals surface area (Å²) in [6, 6.07) is 6.99. The van der Waals surface area contributed by atoms with Crippen molar-refractivity contribution in [2.45, 2.75) is 19.4 Å². The van der Waals surface area contributed by atoms with Crippen molar-refractivity contribution in [3.63, 3.8) is 0 Å². The summed E-state index contributed by atoms with van der Waals surface area (Å²) in [4.78, 5) is 13.7. The van der Waals surface area contributed by atoms with Gasteiger partial charge in [-0.05, 0) is 31.2 Å². The van der Waals surface area contributed by atoms with E-state index in [2.05, 4.69) is 21.1 Å². The van der Waals surface area contributed by atoms with Crippen molar-refractivity contribution in [2.75, 3.05) is 7.05 Å². The topological polar surface area (TPSA) is 78.9 Å². The maximum Gasteiger partial charge on any atom is 0.253 e. The van der Waals surface area contributed by atoms with Crippen LogP contribution in [0.2, 0.25) is 0 Å². The van der Waals surface area contributed by atoms with Crippen molar-refractivity contribution in [2.24, 2.45) is 10.9 Å². The van der Waals surface area contributed by atoms with Gasteiger partial charge in [-0.3, -0.25) is 4.79 Å². The van der Waals surface area contributed by atoms with Crippen molar-refractivity contribution in [3.05, 3.63) is 34.3 Å². The Hall–Kier alpha value is -1.56. The number of nitrogens with zero attached hydrogens (tertiary/aromatic N) is 2. The smallest absolute Gasteiger partial charge is 0.253 e. The van der Waals surface area contributed by atoms with Crippen LogP contribution in [0.15, 0.2) is 33.9 Å². The lowest BCUT2D eigenvalue weighted by molar-refractivity contribution is 0.0747. The molecule has 1 rings (SSSR count). The van der Waals surface area contributed by atoms with Crippen molar-refractivity contribution in [3.8, 4) is 0 Å². The summed E-state index contributed by atoms with van der Waals surface area (Å²) in [7, 11) is 1.69. The van der Waals surface area contributed by atoms with Gasteiger partial charge in [0, 0.05) is 29.5 Å². The summed E-state index contributed by atoms with van der Waals surface area (Å²) in [5.74, 6) is 0.0127. The third-order valence-electron chi connectivity index (χ3n) is 2.71. The van der Waals surface area contributed by atoms with E-state index in [4.69, 9.17) is 10.9 Å². The molecule has 0 heterocycles. The van der Waals surface area contributed by atoms with Crippen molar-refractivity contribution in [1.82, 2.24) is 4.90 Å². The lowest BCUT2D eigenvalue weighted by Gasteiger charge is -2.24. The second-order valence-electron chi connectivity index (χ2n) is 4.07. The molecule has 0 spiro atoms. The van der Waals surface area contributed by atoms with Crippen LogP contribution in [0.5, 0.6) is 0 Å². The maximum atomic E-state index is 12.1. The Labute approximate surface area is 114 Å². The first-order valence-corrected chi connectivity index (χ1v) is 6.24. The van der Waals surface area contributed by atoms with Gasteiger partial charge in [-0.15, -0.1) is 0 Å². The Morgan fingerprint density at radius 1 is 1.50 bits per heavy atom.